The molecule has 2 amide bonds. The lowest BCUT2D eigenvalue weighted by Crippen LogP contribution is -2.47. The first-order chi connectivity index (χ1) is 15.5. The SMILES string of the molecule is CCCCNC(=O)c1cnc(N2CCN(c3nc4c(C(N)=O)cc(F)cc4[nH]3)CC2)cn1. The van der Waals surface area contributed by atoms with Crippen LogP contribution in [0.4, 0.5) is 16.2 Å². The molecule has 2 aromatic heterocycles. The molecular weight excluding hydrogens is 415 g/mol. The molecule has 1 aliphatic rings. The minimum Gasteiger partial charge on any atom is -0.366 e. The Bertz CT molecular complexity index is 1120. The van der Waals surface area contributed by atoms with Gasteiger partial charge in [0.1, 0.15) is 22.8 Å². The summed E-state index contributed by atoms with van der Waals surface area (Å²) in [6.45, 7) is 5.27. The number of nitrogens with two attached hydrogens (primary N) is 1. The molecule has 1 saturated heterocycles. The number of amides is 2. The highest BCUT2D eigenvalue weighted by atomic mass is 19.1. The van der Waals surface area contributed by atoms with Gasteiger partial charge in [-0.25, -0.2) is 19.3 Å². The number of H-pyrrole nitrogens is 1. The van der Waals surface area contributed by atoms with E-state index in [1.165, 1.54) is 12.3 Å². The number of nitrogens with zero attached hydrogens (tertiary/aromatic N) is 5. The number of fused-ring (bicyclic) bond motifs is 1. The molecule has 4 N–H and O–H groups in total. The van der Waals surface area contributed by atoms with Crippen LogP contribution in [-0.2, 0) is 0 Å². The van der Waals surface area contributed by atoms with Crippen molar-refractivity contribution in [2.45, 2.75) is 19.8 Å². The normalized spacial score (nSPS) is 14.1. The lowest BCUT2D eigenvalue weighted by molar-refractivity contribution is 0.0946. The number of hydrogen-bond acceptors (Lipinski definition) is 7. The van der Waals surface area contributed by atoms with Gasteiger partial charge >= 0.3 is 0 Å². The molecule has 1 aliphatic heterocycles. The Kier molecular flexibility index (Phi) is 6.15. The zero-order valence-electron chi connectivity index (χ0n) is 17.8. The van der Waals surface area contributed by atoms with E-state index >= 15 is 0 Å². The average Bonchev–Trinajstić information content (AvgIpc) is 3.22. The van der Waals surface area contributed by atoms with Crippen LogP contribution in [0, 0.1) is 5.82 Å². The van der Waals surface area contributed by atoms with Gasteiger partial charge in [0.15, 0.2) is 0 Å². The van der Waals surface area contributed by atoms with Crippen LogP contribution in [0.5, 0.6) is 0 Å². The van der Waals surface area contributed by atoms with E-state index in [0.29, 0.717) is 61.2 Å². The number of imidazole rings is 1. The molecule has 3 aromatic rings. The second-order valence-corrected chi connectivity index (χ2v) is 7.62. The first-order valence-electron chi connectivity index (χ1n) is 10.6. The Morgan fingerprint density at radius 2 is 1.91 bits per heavy atom. The van der Waals surface area contributed by atoms with Crippen LogP contribution in [0.1, 0.15) is 40.6 Å². The molecule has 1 aromatic carbocycles. The zero-order valence-corrected chi connectivity index (χ0v) is 17.8. The van der Waals surface area contributed by atoms with E-state index in [4.69, 9.17) is 5.73 Å². The molecule has 32 heavy (non-hydrogen) atoms. The number of nitrogens with one attached hydrogen (secondary N) is 2. The second-order valence-electron chi connectivity index (χ2n) is 7.62. The summed E-state index contributed by atoms with van der Waals surface area (Å²) in [5.74, 6) is -0.250. The summed E-state index contributed by atoms with van der Waals surface area (Å²) in [5.41, 5.74) is 6.49. The van der Waals surface area contributed by atoms with Crippen LogP contribution in [0.25, 0.3) is 11.0 Å². The highest BCUT2D eigenvalue weighted by molar-refractivity contribution is 6.04. The maximum atomic E-state index is 13.8. The summed E-state index contributed by atoms with van der Waals surface area (Å²) in [6.07, 6.45) is 5.02. The molecular formula is C21H25FN8O2. The lowest BCUT2D eigenvalue weighted by atomic mass is 10.1. The van der Waals surface area contributed by atoms with Crippen LogP contribution < -0.4 is 20.9 Å². The molecule has 0 atom stereocenters. The van der Waals surface area contributed by atoms with Crippen molar-refractivity contribution in [1.82, 2.24) is 25.3 Å². The van der Waals surface area contributed by atoms with Crippen LogP contribution in [0.3, 0.4) is 0 Å². The van der Waals surface area contributed by atoms with Gasteiger partial charge in [0.2, 0.25) is 5.95 Å². The fourth-order valence-corrected chi connectivity index (χ4v) is 3.63. The average molecular weight is 440 g/mol. The second kappa shape index (κ2) is 9.16. The summed E-state index contributed by atoms with van der Waals surface area (Å²) < 4.78 is 13.8. The highest BCUT2D eigenvalue weighted by Crippen LogP contribution is 2.23. The Hall–Kier alpha value is -3.76. The largest absolute Gasteiger partial charge is 0.366 e. The van der Waals surface area contributed by atoms with Crippen LogP contribution in [0.2, 0.25) is 0 Å². The van der Waals surface area contributed by atoms with E-state index in [1.54, 1.807) is 6.20 Å². The van der Waals surface area contributed by atoms with E-state index in [0.717, 1.165) is 18.9 Å². The topological polar surface area (TPSA) is 133 Å². The predicted octanol–water partition coefficient (Wildman–Crippen LogP) is 1.45. The third-order valence-electron chi connectivity index (χ3n) is 5.39. The number of hydrogen-bond donors (Lipinski definition) is 3. The number of carbonyl (C=O) groups is 2. The Morgan fingerprint density at radius 3 is 2.56 bits per heavy atom. The molecule has 0 saturated carbocycles. The molecule has 0 aliphatic carbocycles. The molecule has 0 bridgehead atoms. The van der Waals surface area contributed by atoms with Gasteiger partial charge in [0.25, 0.3) is 11.8 Å². The van der Waals surface area contributed by atoms with Gasteiger partial charge < -0.3 is 25.8 Å². The smallest absolute Gasteiger partial charge is 0.271 e. The van der Waals surface area contributed by atoms with Crippen molar-refractivity contribution in [2.24, 2.45) is 5.73 Å². The predicted molar refractivity (Wildman–Crippen MR) is 118 cm³/mol. The van der Waals surface area contributed by atoms with E-state index < -0.39 is 11.7 Å². The standard InChI is InChI=1S/C21H25FN8O2/c1-2-3-4-24-20(32)16-11-26-17(12-25-16)29-5-7-30(8-6-29)21-27-15-10-13(22)9-14(19(23)31)18(15)28-21/h9-12H,2-8H2,1H3,(H2,23,31)(H,24,32)(H,27,28). The number of aromatic amines is 1. The summed E-state index contributed by atoms with van der Waals surface area (Å²) >= 11 is 0. The van der Waals surface area contributed by atoms with Crippen molar-refractivity contribution in [3.8, 4) is 0 Å². The monoisotopic (exact) mass is 440 g/mol. The number of halogens is 1. The van der Waals surface area contributed by atoms with Gasteiger partial charge in [-0.1, -0.05) is 13.3 Å². The minimum atomic E-state index is -0.724. The van der Waals surface area contributed by atoms with E-state index in [-0.39, 0.29) is 11.5 Å². The van der Waals surface area contributed by atoms with Crippen molar-refractivity contribution >= 4 is 34.6 Å². The summed E-state index contributed by atoms with van der Waals surface area (Å²) in [4.78, 5) is 44.0. The third kappa shape index (κ3) is 4.46. The van der Waals surface area contributed by atoms with Crippen molar-refractivity contribution in [3.05, 3.63) is 41.6 Å². The van der Waals surface area contributed by atoms with Crippen LogP contribution >= 0.6 is 0 Å². The molecule has 10 nitrogen and oxygen atoms in total. The molecule has 0 unspecified atom stereocenters. The highest BCUT2D eigenvalue weighted by Gasteiger charge is 2.22. The van der Waals surface area contributed by atoms with Gasteiger partial charge in [-0.15, -0.1) is 0 Å². The Morgan fingerprint density at radius 1 is 1.16 bits per heavy atom. The van der Waals surface area contributed by atoms with Gasteiger partial charge in [-0.05, 0) is 18.6 Å². The van der Waals surface area contributed by atoms with Gasteiger partial charge in [-0.3, -0.25) is 9.59 Å². The number of benzene rings is 1. The lowest BCUT2D eigenvalue weighted by Gasteiger charge is -2.35. The van der Waals surface area contributed by atoms with Crippen molar-refractivity contribution in [2.75, 3.05) is 42.5 Å². The fourth-order valence-electron chi connectivity index (χ4n) is 3.63. The number of rotatable bonds is 7. The van der Waals surface area contributed by atoms with Crippen LogP contribution in [-0.4, -0.2) is 64.5 Å². The van der Waals surface area contributed by atoms with Crippen molar-refractivity contribution < 1.29 is 14.0 Å². The van der Waals surface area contributed by atoms with E-state index in [1.807, 2.05) is 4.90 Å². The fraction of sp³-hybridized carbons (Fsp3) is 0.381. The third-order valence-corrected chi connectivity index (χ3v) is 5.39. The number of aromatic nitrogens is 4. The van der Waals surface area contributed by atoms with Crippen molar-refractivity contribution in [1.29, 1.82) is 0 Å². The molecule has 168 valence electrons. The zero-order chi connectivity index (χ0) is 22.7. The number of primary amides is 1. The summed E-state index contributed by atoms with van der Waals surface area (Å²) in [5, 5.41) is 2.82. The Balaban J connectivity index is 1.40. The molecule has 0 spiro atoms. The quantitative estimate of drug-likeness (QED) is 0.474. The van der Waals surface area contributed by atoms with Gasteiger partial charge in [-0.2, -0.15) is 0 Å². The molecule has 4 rings (SSSR count). The molecule has 1 fully saturated rings. The van der Waals surface area contributed by atoms with E-state index in [9.17, 15) is 14.0 Å². The maximum absolute atomic E-state index is 13.8. The summed E-state index contributed by atoms with van der Waals surface area (Å²) in [6, 6.07) is 2.39. The Labute approximate surface area is 184 Å². The number of piperazine rings is 1. The number of anilines is 2. The van der Waals surface area contributed by atoms with Crippen LogP contribution in [0.15, 0.2) is 24.5 Å². The minimum absolute atomic E-state index is 0.0511. The molecule has 11 heteroatoms. The van der Waals surface area contributed by atoms with Gasteiger partial charge in [0.05, 0.1) is 23.5 Å². The van der Waals surface area contributed by atoms with Gasteiger partial charge in [0, 0.05) is 32.7 Å². The maximum Gasteiger partial charge on any atom is 0.271 e. The molecule has 3 heterocycles. The summed E-state index contributed by atoms with van der Waals surface area (Å²) in [7, 11) is 0. The van der Waals surface area contributed by atoms with E-state index in [2.05, 4.69) is 37.1 Å². The first-order valence-corrected chi connectivity index (χ1v) is 10.6. The van der Waals surface area contributed by atoms with Crippen molar-refractivity contribution in [3.63, 3.8) is 0 Å². The number of carbonyl (C=O) groups excluding carboxylic acids is 2. The first kappa shape index (κ1) is 21.5. The molecule has 0 radical (unpaired) electrons. The number of unbranched alkanes of at least 4 members (excludes halogenated alkanes) is 1.